The van der Waals surface area contributed by atoms with E-state index in [0.29, 0.717) is 4.68 Å². The Bertz CT molecular complexity index is 1320. The fourth-order valence-electron chi connectivity index (χ4n) is 2.77. The first kappa shape index (κ1) is 5.59. The Morgan fingerprint density at radius 2 is 2.17 bits per heavy atom. The molecule has 1 amide bonds. The van der Waals surface area contributed by atoms with Crippen LogP contribution >= 0.6 is 0 Å². The molecule has 0 aliphatic carbocycles. The normalized spacial score (nSPS) is 51.0. The number of benzene rings is 1. The average Bonchev–Trinajstić information content (AvgIpc) is 3.20. The standard InChI is InChI=1S/C18H24N4O/c1-21-13-6-5-7-14(21)11-12(10-13)19-18(23)17-15-8-3-4-9-16(15)22(2)20-17/h3-4,8-9,12-14H,5-7,10-11H2,1-2H3,(H,19,23)/t13-,14-/m1/s1/i2D3,3D,4D,5D2,6D2,7D2,8D,9D,13D,14D. The molecule has 2 aromatic rings. The zero-order valence-electron chi connectivity index (χ0n) is 27.2. The van der Waals surface area contributed by atoms with Crippen LogP contribution in [0.5, 0.6) is 0 Å². The molecule has 2 aliphatic heterocycles. The lowest BCUT2D eigenvalue weighted by Crippen LogP contribution is -2.55. The predicted octanol–water partition coefficient (Wildman–Crippen LogP) is 2.32. The quantitative estimate of drug-likeness (QED) is 0.921. The molecule has 0 unspecified atom stereocenters. The number of rotatable bonds is 2. The van der Waals surface area contributed by atoms with E-state index in [4.69, 9.17) is 20.6 Å². The van der Waals surface area contributed by atoms with Crippen molar-refractivity contribution in [2.45, 2.75) is 50.0 Å². The SMILES string of the molecule is [2H]c1c([2H])c([2H])c2c(c(C(=O)NC3C[C@]4([2H])N(C)[C@@]([2H])(C3)C([2H])([2H])C([2H])([2H])C4([2H])[2H])nn2C([2H])([2H])[2H])c1[2H]. The molecule has 23 heavy (non-hydrogen) atoms. The summed E-state index contributed by atoms with van der Waals surface area (Å²) in [6.07, 6.45) is -10.7. The van der Waals surface area contributed by atoms with E-state index in [2.05, 4.69) is 10.4 Å². The largest absolute Gasteiger partial charge is 0.348 e. The molecule has 0 saturated carbocycles. The van der Waals surface area contributed by atoms with Crippen molar-refractivity contribution in [3.05, 3.63) is 29.9 Å². The van der Waals surface area contributed by atoms with Gasteiger partial charge in [0.15, 0.2) is 5.69 Å². The van der Waals surface area contributed by atoms with Gasteiger partial charge in [-0.15, -0.1) is 0 Å². The van der Waals surface area contributed by atoms with Gasteiger partial charge in [-0.25, -0.2) is 0 Å². The number of para-hydroxylation sites is 1. The fourth-order valence-corrected chi connectivity index (χ4v) is 2.77. The maximum Gasteiger partial charge on any atom is 0.272 e. The van der Waals surface area contributed by atoms with Gasteiger partial charge in [0.2, 0.25) is 0 Å². The Labute approximate surface area is 157 Å². The van der Waals surface area contributed by atoms with E-state index in [1.807, 2.05) is 0 Å². The molecule has 3 heterocycles. The van der Waals surface area contributed by atoms with Gasteiger partial charge in [-0.2, -0.15) is 5.10 Å². The Hall–Kier alpha value is -1.88. The highest BCUT2D eigenvalue weighted by molar-refractivity contribution is 6.04. The van der Waals surface area contributed by atoms with Crippen molar-refractivity contribution in [2.24, 2.45) is 6.98 Å². The first-order chi connectivity index (χ1) is 17.0. The highest BCUT2D eigenvalue weighted by atomic mass is 16.2. The van der Waals surface area contributed by atoms with Crippen LogP contribution in [-0.2, 0) is 6.98 Å². The monoisotopic (exact) mass is 327 g/mol. The van der Waals surface area contributed by atoms with E-state index >= 15 is 0 Å². The summed E-state index contributed by atoms with van der Waals surface area (Å²) in [6.45, 7) is -3.03. The van der Waals surface area contributed by atoms with Gasteiger partial charge in [0, 0.05) is 45.5 Å². The van der Waals surface area contributed by atoms with Crippen LogP contribution in [0.1, 0.15) is 63.0 Å². The van der Waals surface area contributed by atoms with Gasteiger partial charge in [0.1, 0.15) is 0 Å². The third-order valence-corrected chi connectivity index (χ3v) is 3.97. The van der Waals surface area contributed by atoms with Gasteiger partial charge in [-0.3, -0.25) is 9.48 Å². The van der Waals surface area contributed by atoms with E-state index in [0.717, 1.165) is 11.9 Å². The molecule has 1 aromatic carbocycles. The van der Waals surface area contributed by atoms with Crippen molar-refractivity contribution in [1.82, 2.24) is 20.0 Å². The molecular formula is C18H24N4O. The number of fused-ring (bicyclic) bond motifs is 3. The zero-order valence-corrected chi connectivity index (χ0v) is 12.2. The Morgan fingerprint density at radius 3 is 2.91 bits per heavy atom. The van der Waals surface area contributed by atoms with Crippen LogP contribution in [0, 0.1) is 0 Å². The second-order valence-corrected chi connectivity index (χ2v) is 5.39. The van der Waals surface area contributed by atoms with Crippen molar-refractivity contribution in [3.8, 4) is 0 Å². The van der Waals surface area contributed by atoms with Crippen LogP contribution in [-0.4, -0.2) is 45.7 Å². The van der Waals surface area contributed by atoms with Gasteiger partial charge in [0.05, 0.1) is 11.0 Å². The smallest absolute Gasteiger partial charge is 0.272 e. The molecule has 2 saturated heterocycles. The van der Waals surface area contributed by atoms with Crippen LogP contribution in [0.15, 0.2) is 24.2 Å². The molecule has 5 nitrogen and oxygen atoms in total. The fraction of sp³-hybridized carbons (Fsp3) is 0.556. The molecule has 1 aromatic heterocycles. The summed E-state index contributed by atoms with van der Waals surface area (Å²) in [5.41, 5.74) is -1.23. The average molecular weight is 328 g/mol. The maximum atomic E-state index is 13.4. The Balaban J connectivity index is 1.83. The number of hydrogen-bond donors (Lipinski definition) is 1. The van der Waals surface area contributed by atoms with Crippen molar-refractivity contribution < 1.29 is 25.4 Å². The summed E-state index contributed by atoms with van der Waals surface area (Å²) in [5.74, 6) is -1.15. The summed E-state index contributed by atoms with van der Waals surface area (Å²) >= 11 is 0. The van der Waals surface area contributed by atoms with Gasteiger partial charge >= 0.3 is 0 Å². The first-order valence-electron chi connectivity index (χ1n) is 14.5. The summed E-state index contributed by atoms with van der Waals surface area (Å²) in [5, 5.41) is 5.67. The van der Waals surface area contributed by atoms with Gasteiger partial charge in [-0.05, 0) is 38.7 Å². The highest BCUT2D eigenvalue weighted by Gasteiger charge is 2.36. The zero-order chi connectivity index (χ0) is 29.2. The molecule has 0 radical (unpaired) electrons. The van der Waals surface area contributed by atoms with Crippen molar-refractivity contribution in [3.63, 3.8) is 0 Å². The number of piperidine rings is 2. The maximum absolute atomic E-state index is 13.4. The molecule has 5 heteroatoms. The Morgan fingerprint density at radius 1 is 1.43 bits per heavy atom. The summed E-state index contributed by atoms with van der Waals surface area (Å²) < 4.78 is 123. The number of hydrogen-bond acceptors (Lipinski definition) is 3. The van der Waals surface area contributed by atoms with Crippen LogP contribution < -0.4 is 5.32 Å². The third-order valence-electron chi connectivity index (χ3n) is 3.97. The van der Waals surface area contributed by atoms with E-state index < -0.39 is 104 Å². The number of nitrogens with zero attached hydrogens (tertiary/aromatic N) is 3. The molecule has 2 atom stereocenters. The molecule has 1 N–H and O–H groups in total. The summed E-state index contributed by atoms with van der Waals surface area (Å²) in [4.78, 5) is 14.2. The lowest BCUT2D eigenvalue weighted by Gasteiger charge is -2.47. The van der Waals surface area contributed by atoms with E-state index in [-0.39, 0.29) is 0 Å². The molecule has 122 valence electrons. The lowest BCUT2D eigenvalue weighted by atomic mass is 9.82. The van der Waals surface area contributed by atoms with Crippen molar-refractivity contribution in [2.75, 3.05) is 7.05 Å². The molecule has 0 spiro atoms. The summed E-state index contributed by atoms with van der Waals surface area (Å²) in [7, 11) is 1.14. The number of carbonyl (C=O) groups is 1. The minimum atomic E-state index is -3.25. The van der Waals surface area contributed by atoms with Crippen LogP contribution in [0.3, 0.4) is 0 Å². The van der Waals surface area contributed by atoms with E-state index in [9.17, 15) is 4.79 Å². The Kier molecular flexibility index (Phi) is 1.37. The number of aromatic nitrogens is 2. The van der Waals surface area contributed by atoms with E-state index in [1.54, 1.807) is 0 Å². The number of amides is 1. The molecule has 4 rings (SSSR count). The van der Waals surface area contributed by atoms with Crippen LogP contribution in [0.4, 0.5) is 0 Å². The number of carbonyl (C=O) groups excluding carboxylic acids is 1. The molecule has 2 aliphatic rings. The lowest BCUT2D eigenvalue weighted by molar-refractivity contribution is 0.0462. The number of aryl methyl sites for hydroxylation is 1. The minimum Gasteiger partial charge on any atom is -0.348 e. The van der Waals surface area contributed by atoms with Crippen molar-refractivity contribution >= 4 is 16.8 Å². The second kappa shape index (κ2) is 5.64. The van der Waals surface area contributed by atoms with Gasteiger partial charge < -0.3 is 10.2 Å². The predicted molar refractivity (Wildman–Crippen MR) is 90.4 cm³/mol. The van der Waals surface area contributed by atoms with Gasteiger partial charge in [-0.1, -0.05) is 24.5 Å². The summed E-state index contributed by atoms with van der Waals surface area (Å²) in [6, 6.07) is -9.22. The third kappa shape index (κ3) is 2.53. The van der Waals surface area contributed by atoms with Crippen LogP contribution in [0.2, 0.25) is 0 Å². The molecule has 2 bridgehead atoms. The van der Waals surface area contributed by atoms with Crippen molar-refractivity contribution in [1.29, 1.82) is 0 Å². The number of nitrogens with one attached hydrogen (secondary N) is 1. The minimum absolute atomic E-state index is 0.322. The second-order valence-electron chi connectivity index (χ2n) is 5.39. The topological polar surface area (TPSA) is 50.2 Å². The van der Waals surface area contributed by atoms with Crippen LogP contribution in [0.25, 0.3) is 10.9 Å². The molecule has 2 fully saturated rings. The first-order valence-corrected chi connectivity index (χ1v) is 7.03. The van der Waals surface area contributed by atoms with Gasteiger partial charge in [0.25, 0.3) is 5.91 Å². The van der Waals surface area contributed by atoms with E-state index in [1.165, 1.54) is 0 Å². The highest BCUT2D eigenvalue weighted by Crippen LogP contribution is 2.32. The molecular weight excluding hydrogens is 288 g/mol.